The van der Waals surface area contributed by atoms with Gasteiger partial charge in [0.1, 0.15) is 0 Å². The van der Waals surface area contributed by atoms with E-state index in [1.807, 2.05) is 14.1 Å². The van der Waals surface area contributed by atoms with Gasteiger partial charge in [-0.25, -0.2) is 0 Å². The van der Waals surface area contributed by atoms with Crippen LogP contribution in [0.15, 0.2) is 0 Å². The van der Waals surface area contributed by atoms with Crippen LogP contribution in [-0.4, -0.2) is 61.4 Å². The van der Waals surface area contributed by atoms with Gasteiger partial charge in [0.25, 0.3) is 0 Å². The van der Waals surface area contributed by atoms with E-state index in [-0.39, 0.29) is 0 Å². The predicted octanol–water partition coefficient (Wildman–Crippen LogP) is 1.23. The maximum absolute atomic E-state index is 5.39. The Kier molecular flexibility index (Phi) is 5.17. The molecule has 21 heavy (non-hydrogen) atoms. The lowest BCUT2D eigenvalue weighted by Crippen LogP contribution is -2.39. The fourth-order valence-electron chi connectivity index (χ4n) is 2.16. The van der Waals surface area contributed by atoms with Crippen LogP contribution in [-0.2, 0) is 4.74 Å². The zero-order valence-electron chi connectivity index (χ0n) is 13.6. The molecule has 0 aliphatic carbocycles. The minimum absolute atomic E-state index is 0.356. The normalized spacial score (nSPS) is 17.0. The first-order valence-corrected chi connectivity index (χ1v) is 7.52. The Balaban J connectivity index is 2.28. The number of aromatic nitrogens is 3. The summed E-state index contributed by atoms with van der Waals surface area (Å²) in [5, 5.41) is 3.02. The Labute approximate surface area is 126 Å². The van der Waals surface area contributed by atoms with Crippen LogP contribution in [0.1, 0.15) is 20.8 Å². The molecule has 1 aliphatic rings. The van der Waals surface area contributed by atoms with Gasteiger partial charge in [0.15, 0.2) is 0 Å². The van der Waals surface area contributed by atoms with E-state index >= 15 is 0 Å². The molecule has 0 amide bonds. The van der Waals surface area contributed by atoms with Crippen LogP contribution in [0.5, 0.6) is 0 Å². The first-order valence-electron chi connectivity index (χ1n) is 7.52. The molecule has 0 saturated carbocycles. The summed E-state index contributed by atoms with van der Waals surface area (Å²) in [5.41, 5.74) is 0. The van der Waals surface area contributed by atoms with Gasteiger partial charge in [-0.05, 0) is 12.8 Å². The first-order chi connectivity index (χ1) is 10.0. The van der Waals surface area contributed by atoms with Crippen molar-refractivity contribution in [2.45, 2.75) is 26.8 Å². The van der Waals surface area contributed by atoms with E-state index in [9.17, 15) is 0 Å². The monoisotopic (exact) mass is 294 g/mol. The van der Waals surface area contributed by atoms with Crippen LogP contribution in [0, 0.1) is 5.92 Å². The maximum Gasteiger partial charge on any atom is 0.232 e. The number of nitrogens with one attached hydrogen (secondary N) is 1. The van der Waals surface area contributed by atoms with E-state index in [1.54, 1.807) is 0 Å². The minimum Gasteiger partial charge on any atom is -0.378 e. The van der Waals surface area contributed by atoms with Gasteiger partial charge in [0, 0.05) is 33.2 Å². The lowest BCUT2D eigenvalue weighted by atomic mass is 10.1. The number of ether oxygens (including phenoxy) is 1. The second kappa shape index (κ2) is 6.89. The zero-order chi connectivity index (χ0) is 15.4. The molecule has 0 bridgehead atoms. The molecule has 7 heteroatoms. The molecule has 0 aromatic carbocycles. The van der Waals surface area contributed by atoms with Crippen LogP contribution < -0.4 is 15.1 Å². The summed E-state index contributed by atoms with van der Waals surface area (Å²) < 4.78 is 5.39. The van der Waals surface area contributed by atoms with E-state index in [0.717, 1.165) is 19.0 Å². The maximum atomic E-state index is 5.39. The average molecular weight is 294 g/mol. The van der Waals surface area contributed by atoms with E-state index in [0.29, 0.717) is 37.1 Å². The van der Waals surface area contributed by atoms with Crippen LogP contribution in [0.3, 0.4) is 0 Å². The Bertz CT molecular complexity index is 461. The van der Waals surface area contributed by atoms with E-state index in [2.05, 4.69) is 50.8 Å². The first kappa shape index (κ1) is 15.8. The molecule has 1 saturated heterocycles. The van der Waals surface area contributed by atoms with Gasteiger partial charge in [0.05, 0.1) is 13.2 Å². The fraction of sp³-hybridized carbons (Fsp3) is 0.786. The van der Waals surface area contributed by atoms with Crippen molar-refractivity contribution in [3.05, 3.63) is 0 Å². The Morgan fingerprint density at radius 2 is 1.81 bits per heavy atom. The van der Waals surface area contributed by atoms with E-state index < -0.39 is 0 Å². The van der Waals surface area contributed by atoms with Crippen molar-refractivity contribution in [3.8, 4) is 0 Å². The van der Waals surface area contributed by atoms with Gasteiger partial charge >= 0.3 is 0 Å². The smallest absolute Gasteiger partial charge is 0.232 e. The topological polar surface area (TPSA) is 66.4 Å². The molecule has 1 aliphatic heterocycles. The third-order valence-corrected chi connectivity index (χ3v) is 4.02. The molecule has 1 aromatic heterocycles. The number of nitrogens with zero attached hydrogens (tertiary/aromatic N) is 5. The summed E-state index contributed by atoms with van der Waals surface area (Å²) in [7, 11) is 3.86. The summed E-state index contributed by atoms with van der Waals surface area (Å²) in [6.07, 6.45) is 0. The lowest BCUT2D eigenvalue weighted by molar-refractivity contribution is 0.122. The number of hydrogen-bond donors (Lipinski definition) is 1. The fourth-order valence-corrected chi connectivity index (χ4v) is 2.16. The highest BCUT2D eigenvalue weighted by molar-refractivity contribution is 5.45. The number of anilines is 3. The molecule has 1 unspecified atom stereocenters. The number of rotatable bonds is 5. The van der Waals surface area contributed by atoms with Crippen molar-refractivity contribution in [1.82, 2.24) is 15.0 Å². The molecule has 1 aromatic rings. The molecule has 1 N–H and O–H groups in total. The summed E-state index contributed by atoms with van der Waals surface area (Å²) in [5.74, 6) is 2.55. The van der Waals surface area contributed by atoms with Gasteiger partial charge in [-0.1, -0.05) is 13.8 Å². The molecule has 118 valence electrons. The molecular formula is C14H26N6O. The standard InChI is InChI=1S/C14H26N6O/c1-10(2)11(3)19(5)13-16-12(15-4)17-14(18-13)20-6-8-21-9-7-20/h10-11H,6-9H2,1-5H3,(H,15,16,17,18). The summed E-state index contributed by atoms with van der Waals surface area (Å²) in [6, 6.07) is 0.356. The summed E-state index contributed by atoms with van der Waals surface area (Å²) in [4.78, 5) is 17.9. The highest BCUT2D eigenvalue weighted by Gasteiger charge is 2.20. The van der Waals surface area contributed by atoms with Gasteiger partial charge < -0.3 is 19.9 Å². The third-order valence-electron chi connectivity index (χ3n) is 4.02. The number of morpholine rings is 1. The Morgan fingerprint density at radius 3 is 2.38 bits per heavy atom. The summed E-state index contributed by atoms with van der Waals surface area (Å²) >= 11 is 0. The minimum atomic E-state index is 0.356. The predicted molar refractivity (Wildman–Crippen MR) is 85.1 cm³/mol. The Hall–Kier alpha value is -1.63. The molecule has 0 spiro atoms. The molecule has 1 atom stereocenters. The van der Waals surface area contributed by atoms with Crippen LogP contribution in [0.2, 0.25) is 0 Å². The SMILES string of the molecule is CNc1nc(N2CCOCC2)nc(N(C)C(C)C(C)C)n1. The zero-order valence-corrected chi connectivity index (χ0v) is 13.6. The van der Waals surface area contributed by atoms with Crippen molar-refractivity contribution >= 4 is 17.8 Å². The Morgan fingerprint density at radius 1 is 1.14 bits per heavy atom. The molecule has 0 radical (unpaired) electrons. The number of hydrogen-bond acceptors (Lipinski definition) is 7. The molecule has 2 heterocycles. The van der Waals surface area contributed by atoms with Gasteiger partial charge in [-0.3, -0.25) is 0 Å². The van der Waals surface area contributed by atoms with Gasteiger partial charge in [0.2, 0.25) is 17.8 Å². The molecule has 1 fully saturated rings. The second-order valence-corrected chi connectivity index (χ2v) is 5.70. The van der Waals surface area contributed by atoms with Crippen molar-refractivity contribution in [3.63, 3.8) is 0 Å². The van der Waals surface area contributed by atoms with E-state index in [1.165, 1.54) is 0 Å². The largest absolute Gasteiger partial charge is 0.378 e. The van der Waals surface area contributed by atoms with Crippen LogP contribution >= 0.6 is 0 Å². The van der Waals surface area contributed by atoms with Gasteiger partial charge in [-0.2, -0.15) is 15.0 Å². The third kappa shape index (κ3) is 3.72. The lowest BCUT2D eigenvalue weighted by Gasteiger charge is -2.30. The summed E-state index contributed by atoms with van der Waals surface area (Å²) in [6.45, 7) is 9.64. The van der Waals surface area contributed by atoms with Gasteiger partial charge in [-0.15, -0.1) is 0 Å². The molecule has 2 rings (SSSR count). The van der Waals surface area contributed by atoms with Crippen molar-refractivity contribution in [1.29, 1.82) is 0 Å². The van der Waals surface area contributed by atoms with E-state index in [4.69, 9.17) is 4.74 Å². The van der Waals surface area contributed by atoms with Crippen LogP contribution in [0.4, 0.5) is 17.8 Å². The molecular weight excluding hydrogens is 268 g/mol. The van der Waals surface area contributed by atoms with Crippen LogP contribution in [0.25, 0.3) is 0 Å². The molecule has 7 nitrogen and oxygen atoms in total. The van der Waals surface area contributed by atoms with Crippen molar-refractivity contribution in [2.24, 2.45) is 5.92 Å². The van der Waals surface area contributed by atoms with Crippen molar-refractivity contribution in [2.75, 3.05) is 55.5 Å². The quantitative estimate of drug-likeness (QED) is 0.876. The second-order valence-electron chi connectivity index (χ2n) is 5.70. The van der Waals surface area contributed by atoms with Crippen molar-refractivity contribution < 1.29 is 4.74 Å². The highest BCUT2D eigenvalue weighted by atomic mass is 16.5. The average Bonchev–Trinajstić information content (AvgIpc) is 2.53. The highest BCUT2D eigenvalue weighted by Crippen LogP contribution is 2.20.